The Morgan fingerprint density at radius 3 is 2.50 bits per heavy atom. The standard InChI is InChI=1S/C13H23N/c1-6-10(2)12-8-7-9-13(12)11(3)14(4)5/h7-11,13H,6H2,1-5H3/t10?,11-,13+/m1/s1. The van der Waals surface area contributed by atoms with Crippen LogP contribution in [0.15, 0.2) is 23.8 Å². The van der Waals surface area contributed by atoms with Crippen LogP contribution in [0.4, 0.5) is 0 Å². The highest BCUT2D eigenvalue weighted by atomic mass is 15.1. The molecule has 1 aliphatic carbocycles. The molecule has 0 aliphatic heterocycles. The summed E-state index contributed by atoms with van der Waals surface area (Å²) in [6.45, 7) is 6.89. The molecule has 1 unspecified atom stereocenters. The van der Waals surface area contributed by atoms with E-state index < -0.39 is 0 Å². The SMILES string of the molecule is CCC(C)C1=CC=C[C@H]1[C@@H](C)N(C)C. The van der Waals surface area contributed by atoms with Crippen molar-refractivity contribution in [2.75, 3.05) is 14.1 Å². The molecule has 80 valence electrons. The highest BCUT2D eigenvalue weighted by Crippen LogP contribution is 2.31. The summed E-state index contributed by atoms with van der Waals surface area (Å²) in [5.41, 5.74) is 1.61. The molecule has 0 fully saturated rings. The van der Waals surface area contributed by atoms with Crippen molar-refractivity contribution in [1.29, 1.82) is 0 Å². The first-order valence-corrected chi connectivity index (χ1v) is 5.62. The van der Waals surface area contributed by atoms with Crippen LogP contribution in [0.5, 0.6) is 0 Å². The van der Waals surface area contributed by atoms with E-state index in [0.717, 1.165) is 5.92 Å². The van der Waals surface area contributed by atoms with Gasteiger partial charge in [0, 0.05) is 12.0 Å². The lowest BCUT2D eigenvalue weighted by atomic mass is 9.85. The highest BCUT2D eigenvalue weighted by molar-refractivity contribution is 5.30. The third-order valence-electron chi connectivity index (χ3n) is 3.51. The maximum absolute atomic E-state index is 2.34. The van der Waals surface area contributed by atoms with Crippen LogP contribution in [0, 0.1) is 11.8 Å². The third kappa shape index (κ3) is 2.27. The first kappa shape index (κ1) is 11.5. The average Bonchev–Trinajstić information content (AvgIpc) is 2.63. The molecule has 1 rings (SSSR count). The molecule has 1 heteroatoms. The van der Waals surface area contributed by atoms with Gasteiger partial charge >= 0.3 is 0 Å². The van der Waals surface area contributed by atoms with Gasteiger partial charge in [-0.05, 0) is 33.4 Å². The lowest BCUT2D eigenvalue weighted by Gasteiger charge is -2.29. The van der Waals surface area contributed by atoms with Gasteiger partial charge in [0.05, 0.1) is 0 Å². The number of allylic oxidation sites excluding steroid dienone is 2. The van der Waals surface area contributed by atoms with Crippen LogP contribution in [-0.2, 0) is 0 Å². The van der Waals surface area contributed by atoms with Crippen LogP contribution < -0.4 is 0 Å². The smallest absolute Gasteiger partial charge is 0.0161 e. The number of hydrogen-bond acceptors (Lipinski definition) is 1. The molecular weight excluding hydrogens is 170 g/mol. The first-order valence-electron chi connectivity index (χ1n) is 5.62. The number of hydrogen-bond donors (Lipinski definition) is 0. The zero-order chi connectivity index (χ0) is 10.7. The van der Waals surface area contributed by atoms with Gasteiger partial charge in [-0.1, -0.05) is 37.6 Å². The number of rotatable bonds is 4. The molecule has 0 saturated heterocycles. The quantitative estimate of drug-likeness (QED) is 0.663. The van der Waals surface area contributed by atoms with Crippen molar-refractivity contribution in [3.05, 3.63) is 23.8 Å². The summed E-state index contributed by atoms with van der Waals surface area (Å²) < 4.78 is 0. The Morgan fingerprint density at radius 2 is 2.00 bits per heavy atom. The summed E-state index contributed by atoms with van der Waals surface area (Å²) in [7, 11) is 4.32. The molecule has 0 radical (unpaired) electrons. The Bertz CT molecular complexity index is 238. The second-order valence-corrected chi connectivity index (χ2v) is 4.59. The van der Waals surface area contributed by atoms with Crippen molar-refractivity contribution in [2.45, 2.75) is 33.2 Å². The zero-order valence-corrected chi connectivity index (χ0v) is 10.1. The Labute approximate surface area is 88.5 Å². The molecule has 0 spiro atoms. The lowest BCUT2D eigenvalue weighted by Crippen LogP contribution is -2.33. The van der Waals surface area contributed by atoms with E-state index in [9.17, 15) is 0 Å². The Kier molecular flexibility index (Phi) is 3.94. The Morgan fingerprint density at radius 1 is 1.36 bits per heavy atom. The van der Waals surface area contributed by atoms with E-state index in [1.54, 1.807) is 5.57 Å². The predicted octanol–water partition coefficient (Wildman–Crippen LogP) is 3.10. The summed E-state index contributed by atoms with van der Waals surface area (Å²) in [6, 6.07) is 0.606. The maximum atomic E-state index is 2.34. The second kappa shape index (κ2) is 4.79. The van der Waals surface area contributed by atoms with Gasteiger partial charge in [0.2, 0.25) is 0 Å². The Balaban J connectivity index is 2.71. The molecule has 0 aromatic heterocycles. The van der Waals surface area contributed by atoms with Crippen molar-refractivity contribution in [2.24, 2.45) is 11.8 Å². The molecule has 1 aliphatic rings. The van der Waals surface area contributed by atoms with Crippen molar-refractivity contribution in [3.8, 4) is 0 Å². The molecule has 0 saturated carbocycles. The molecular formula is C13H23N. The van der Waals surface area contributed by atoms with E-state index in [1.807, 2.05) is 0 Å². The maximum Gasteiger partial charge on any atom is 0.0161 e. The van der Waals surface area contributed by atoms with Crippen LogP contribution in [0.3, 0.4) is 0 Å². The lowest BCUT2D eigenvalue weighted by molar-refractivity contribution is 0.268. The van der Waals surface area contributed by atoms with E-state index >= 15 is 0 Å². The van der Waals surface area contributed by atoms with E-state index in [4.69, 9.17) is 0 Å². The van der Waals surface area contributed by atoms with Gasteiger partial charge < -0.3 is 4.90 Å². The summed E-state index contributed by atoms with van der Waals surface area (Å²) in [5, 5.41) is 0. The van der Waals surface area contributed by atoms with Gasteiger partial charge in [0.25, 0.3) is 0 Å². The fraction of sp³-hybridized carbons (Fsp3) is 0.692. The minimum Gasteiger partial charge on any atom is -0.306 e. The van der Waals surface area contributed by atoms with Crippen molar-refractivity contribution in [3.63, 3.8) is 0 Å². The predicted molar refractivity (Wildman–Crippen MR) is 63.3 cm³/mol. The van der Waals surface area contributed by atoms with Crippen molar-refractivity contribution in [1.82, 2.24) is 4.90 Å². The minimum atomic E-state index is 0.606. The molecule has 14 heavy (non-hydrogen) atoms. The van der Waals surface area contributed by atoms with Gasteiger partial charge in [-0.3, -0.25) is 0 Å². The fourth-order valence-electron chi connectivity index (χ4n) is 2.00. The van der Waals surface area contributed by atoms with Crippen LogP contribution in [0.2, 0.25) is 0 Å². The normalized spacial score (nSPS) is 25.3. The Hall–Kier alpha value is -0.560. The van der Waals surface area contributed by atoms with Crippen LogP contribution in [0.25, 0.3) is 0 Å². The first-order chi connectivity index (χ1) is 6.57. The summed E-state index contributed by atoms with van der Waals surface area (Å²) in [6.07, 6.45) is 8.10. The van der Waals surface area contributed by atoms with E-state index in [0.29, 0.717) is 12.0 Å². The summed E-state index contributed by atoms with van der Waals surface area (Å²) in [5.74, 6) is 1.34. The summed E-state index contributed by atoms with van der Waals surface area (Å²) in [4.78, 5) is 2.30. The highest BCUT2D eigenvalue weighted by Gasteiger charge is 2.25. The monoisotopic (exact) mass is 193 g/mol. The number of nitrogens with zero attached hydrogens (tertiary/aromatic N) is 1. The topological polar surface area (TPSA) is 3.24 Å². The van der Waals surface area contributed by atoms with Gasteiger partial charge in [-0.25, -0.2) is 0 Å². The van der Waals surface area contributed by atoms with Gasteiger partial charge in [0.15, 0.2) is 0 Å². The van der Waals surface area contributed by atoms with Gasteiger partial charge in [0.1, 0.15) is 0 Å². The molecule has 0 heterocycles. The van der Waals surface area contributed by atoms with Crippen LogP contribution in [-0.4, -0.2) is 25.0 Å². The average molecular weight is 193 g/mol. The van der Waals surface area contributed by atoms with Gasteiger partial charge in [-0.15, -0.1) is 0 Å². The molecule has 0 aromatic carbocycles. The van der Waals surface area contributed by atoms with Crippen molar-refractivity contribution < 1.29 is 0 Å². The zero-order valence-electron chi connectivity index (χ0n) is 10.1. The second-order valence-electron chi connectivity index (χ2n) is 4.59. The van der Waals surface area contributed by atoms with Gasteiger partial charge in [-0.2, -0.15) is 0 Å². The molecule has 0 bridgehead atoms. The third-order valence-corrected chi connectivity index (χ3v) is 3.51. The molecule has 0 amide bonds. The fourth-order valence-corrected chi connectivity index (χ4v) is 2.00. The van der Waals surface area contributed by atoms with Crippen molar-refractivity contribution >= 4 is 0 Å². The van der Waals surface area contributed by atoms with E-state index in [1.165, 1.54) is 6.42 Å². The molecule has 1 nitrogen and oxygen atoms in total. The largest absolute Gasteiger partial charge is 0.306 e. The minimum absolute atomic E-state index is 0.606. The molecule has 3 atom stereocenters. The summed E-state index contributed by atoms with van der Waals surface area (Å²) >= 11 is 0. The molecule has 0 N–H and O–H groups in total. The van der Waals surface area contributed by atoms with E-state index in [2.05, 4.69) is 58.0 Å². The molecule has 0 aromatic rings. The van der Waals surface area contributed by atoms with Crippen LogP contribution >= 0.6 is 0 Å². The van der Waals surface area contributed by atoms with Crippen LogP contribution in [0.1, 0.15) is 27.2 Å². The van der Waals surface area contributed by atoms with E-state index in [-0.39, 0.29) is 0 Å².